The number of amides is 2. The van der Waals surface area contributed by atoms with E-state index < -0.39 is 17.6 Å². The average molecular weight is 344 g/mol. The van der Waals surface area contributed by atoms with Crippen molar-refractivity contribution >= 4 is 17.7 Å². The molecule has 134 valence electrons. The van der Waals surface area contributed by atoms with Gasteiger partial charge in [0, 0.05) is 24.5 Å². The summed E-state index contributed by atoms with van der Waals surface area (Å²) < 4.78 is 6.91. The van der Waals surface area contributed by atoms with E-state index in [9.17, 15) is 9.59 Å². The number of benzene rings is 1. The van der Waals surface area contributed by atoms with E-state index in [0.717, 1.165) is 16.8 Å². The molecule has 25 heavy (non-hydrogen) atoms. The van der Waals surface area contributed by atoms with Crippen LogP contribution in [0.2, 0.25) is 0 Å². The van der Waals surface area contributed by atoms with Gasteiger partial charge < -0.3 is 15.4 Å². The van der Waals surface area contributed by atoms with Crippen LogP contribution in [-0.2, 0) is 16.6 Å². The molecule has 7 nitrogen and oxygen atoms in total. The van der Waals surface area contributed by atoms with Crippen LogP contribution >= 0.6 is 0 Å². The summed E-state index contributed by atoms with van der Waals surface area (Å²) in [5, 5.41) is 9.42. The van der Waals surface area contributed by atoms with Gasteiger partial charge in [0.05, 0.1) is 5.69 Å². The van der Waals surface area contributed by atoms with Crippen LogP contribution in [0.3, 0.4) is 0 Å². The number of ether oxygens (including phenoxy) is 1. The number of aromatic nitrogens is 2. The molecule has 0 saturated heterocycles. The molecule has 2 aromatic rings. The Morgan fingerprint density at radius 3 is 2.56 bits per heavy atom. The summed E-state index contributed by atoms with van der Waals surface area (Å²) >= 11 is 0. The van der Waals surface area contributed by atoms with E-state index in [0.29, 0.717) is 5.69 Å². The lowest BCUT2D eigenvalue weighted by Gasteiger charge is -2.19. The summed E-state index contributed by atoms with van der Waals surface area (Å²) in [5.74, 6) is -0.483. The highest BCUT2D eigenvalue weighted by atomic mass is 16.6. The summed E-state index contributed by atoms with van der Waals surface area (Å²) in [6, 6.07) is 7.20. The lowest BCUT2D eigenvalue weighted by molar-refractivity contribution is -0.153. The van der Waals surface area contributed by atoms with Gasteiger partial charge in [-0.05, 0) is 45.4 Å². The zero-order valence-electron chi connectivity index (χ0n) is 15.2. The van der Waals surface area contributed by atoms with Crippen molar-refractivity contribution in [3.8, 4) is 11.3 Å². The molecule has 7 heteroatoms. The molecule has 2 N–H and O–H groups in total. The van der Waals surface area contributed by atoms with Gasteiger partial charge in [0.25, 0.3) is 0 Å². The fourth-order valence-corrected chi connectivity index (χ4v) is 2.27. The highest BCUT2D eigenvalue weighted by Gasteiger charge is 2.17. The molecule has 2 rings (SSSR count). The molecule has 0 saturated carbocycles. The van der Waals surface area contributed by atoms with Crippen LogP contribution in [0.1, 0.15) is 26.3 Å². The van der Waals surface area contributed by atoms with Crippen LogP contribution in [-0.4, -0.2) is 33.9 Å². The molecule has 1 aromatic heterocycles. The lowest BCUT2D eigenvalue weighted by Crippen LogP contribution is -2.37. The maximum atomic E-state index is 12.1. The predicted octanol–water partition coefficient (Wildman–Crippen LogP) is 2.86. The van der Waals surface area contributed by atoms with Gasteiger partial charge in [-0.2, -0.15) is 5.10 Å². The van der Waals surface area contributed by atoms with Gasteiger partial charge in [-0.15, -0.1) is 0 Å². The van der Waals surface area contributed by atoms with Crippen molar-refractivity contribution in [3.05, 3.63) is 36.0 Å². The van der Waals surface area contributed by atoms with E-state index in [1.54, 1.807) is 31.6 Å². The SMILES string of the molecule is Cc1ccc(-c2ccnn2C)cc1NC(=O)NCC(=O)OC(C)(C)C. The number of nitrogens with one attached hydrogen (secondary N) is 2. The van der Waals surface area contributed by atoms with E-state index in [1.165, 1.54) is 0 Å². The monoisotopic (exact) mass is 344 g/mol. The molecule has 0 bridgehead atoms. The van der Waals surface area contributed by atoms with Crippen molar-refractivity contribution in [2.75, 3.05) is 11.9 Å². The molecule has 1 aromatic carbocycles. The minimum Gasteiger partial charge on any atom is -0.459 e. The molecule has 0 aliphatic heterocycles. The van der Waals surface area contributed by atoms with Gasteiger partial charge >= 0.3 is 12.0 Å². The zero-order valence-corrected chi connectivity index (χ0v) is 15.2. The predicted molar refractivity (Wildman–Crippen MR) is 96.2 cm³/mol. The molecule has 0 unspecified atom stereocenters. The van der Waals surface area contributed by atoms with E-state index in [-0.39, 0.29) is 6.54 Å². The number of carbonyl (C=O) groups is 2. The molecular formula is C18H24N4O3. The molecule has 0 fully saturated rings. The number of hydrogen-bond acceptors (Lipinski definition) is 4. The maximum absolute atomic E-state index is 12.1. The topological polar surface area (TPSA) is 85.3 Å². The number of rotatable bonds is 4. The van der Waals surface area contributed by atoms with Crippen LogP contribution in [0.15, 0.2) is 30.5 Å². The molecule has 2 amide bonds. The summed E-state index contributed by atoms with van der Waals surface area (Å²) in [6.45, 7) is 7.04. The summed E-state index contributed by atoms with van der Waals surface area (Å²) in [7, 11) is 1.86. The van der Waals surface area contributed by atoms with Gasteiger partial charge in [0.1, 0.15) is 12.1 Å². The molecule has 0 aliphatic carbocycles. The van der Waals surface area contributed by atoms with Gasteiger partial charge in [-0.3, -0.25) is 9.48 Å². The first-order valence-corrected chi connectivity index (χ1v) is 8.01. The number of carbonyl (C=O) groups excluding carboxylic acids is 2. The summed E-state index contributed by atoms with van der Waals surface area (Å²) in [5.41, 5.74) is 2.88. The van der Waals surface area contributed by atoms with Crippen molar-refractivity contribution in [1.29, 1.82) is 0 Å². The van der Waals surface area contributed by atoms with Crippen LogP contribution < -0.4 is 10.6 Å². The first-order chi connectivity index (χ1) is 11.7. The summed E-state index contributed by atoms with van der Waals surface area (Å²) in [4.78, 5) is 23.7. The molecule has 1 heterocycles. The van der Waals surface area contributed by atoms with Crippen molar-refractivity contribution in [2.45, 2.75) is 33.3 Å². The fourth-order valence-electron chi connectivity index (χ4n) is 2.27. The Morgan fingerprint density at radius 2 is 1.96 bits per heavy atom. The Morgan fingerprint density at radius 1 is 1.24 bits per heavy atom. The lowest BCUT2D eigenvalue weighted by atomic mass is 10.1. The zero-order chi connectivity index (χ0) is 18.6. The highest BCUT2D eigenvalue weighted by molar-refractivity contribution is 5.92. The van der Waals surface area contributed by atoms with Crippen molar-refractivity contribution in [3.63, 3.8) is 0 Å². The van der Waals surface area contributed by atoms with Crippen molar-refractivity contribution < 1.29 is 14.3 Å². The minimum absolute atomic E-state index is 0.191. The molecule has 0 atom stereocenters. The van der Waals surface area contributed by atoms with Gasteiger partial charge in [0.15, 0.2) is 0 Å². The smallest absolute Gasteiger partial charge is 0.325 e. The minimum atomic E-state index is -0.580. The number of hydrogen-bond donors (Lipinski definition) is 2. The Labute approximate surface area is 147 Å². The standard InChI is InChI=1S/C18H24N4O3/c1-12-6-7-13(15-8-9-20-22(15)5)10-14(12)21-17(24)19-11-16(23)25-18(2,3)4/h6-10H,11H2,1-5H3,(H2,19,21,24). The second kappa shape index (κ2) is 7.38. The second-order valence-corrected chi connectivity index (χ2v) is 6.76. The highest BCUT2D eigenvalue weighted by Crippen LogP contribution is 2.24. The number of aryl methyl sites for hydroxylation is 2. The van der Waals surface area contributed by atoms with Crippen molar-refractivity contribution in [2.24, 2.45) is 7.05 Å². The normalized spacial score (nSPS) is 11.1. The van der Waals surface area contributed by atoms with Crippen LogP contribution in [0.4, 0.5) is 10.5 Å². The van der Waals surface area contributed by atoms with Gasteiger partial charge in [-0.25, -0.2) is 4.79 Å². The average Bonchev–Trinajstić information content (AvgIpc) is 2.92. The van der Waals surface area contributed by atoms with E-state index in [2.05, 4.69) is 15.7 Å². The van der Waals surface area contributed by atoms with Gasteiger partial charge in [-0.1, -0.05) is 12.1 Å². The Kier molecular flexibility index (Phi) is 5.46. The number of anilines is 1. The van der Waals surface area contributed by atoms with Crippen LogP contribution in [0, 0.1) is 6.92 Å². The van der Waals surface area contributed by atoms with E-state index in [4.69, 9.17) is 4.74 Å². The Hall–Kier alpha value is -2.83. The van der Waals surface area contributed by atoms with E-state index in [1.807, 2.05) is 38.2 Å². The third kappa shape index (κ3) is 5.34. The first-order valence-electron chi connectivity index (χ1n) is 8.01. The molecule has 0 spiro atoms. The quantitative estimate of drug-likeness (QED) is 0.835. The third-order valence-electron chi connectivity index (χ3n) is 3.42. The maximum Gasteiger partial charge on any atom is 0.325 e. The first kappa shape index (κ1) is 18.5. The van der Waals surface area contributed by atoms with Crippen LogP contribution in [0.25, 0.3) is 11.3 Å². The van der Waals surface area contributed by atoms with E-state index >= 15 is 0 Å². The Bertz CT molecular complexity index is 775. The van der Waals surface area contributed by atoms with Crippen LogP contribution in [0.5, 0.6) is 0 Å². The molecule has 0 aliphatic rings. The number of esters is 1. The number of urea groups is 1. The fraction of sp³-hybridized carbons (Fsp3) is 0.389. The van der Waals surface area contributed by atoms with Crippen molar-refractivity contribution in [1.82, 2.24) is 15.1 Å². The number of nitrogens with zero attached hydrogens (tertiary/aromatic N) is 2. The van der Waals surface area contributed by atoms with Gasteiger partial charge in [0.2, 0.25) is 0 Å². The largest absolute Gasteiger partial charge is 0.459 e. The molecular weight excluding hydrogens is 320 g/mol. The second-order valence-electron chi connectivity index (χ2n) is 6.76. The molecule has 0 radical (unpaired) electrons. The third-order valence-corrected chi connectivity index (χ3v) is 3.42. The summed E-state index contributed by atoms with van der Waals surface area (Å²) in [6.07, 6.45) is 1.72. The Balaban J connectivity index is 2.01.